The van der Waals surface area contributed by atoms with Gasteiger partial charge >= 0.3 is 0 Å². The molecule has 4 aromatic heterocycles. The third-order valence-corrected chi connectivity index (χ3v) is 11.5. The van der Waals surface area contributed by atoms with Crippen molar-refractivity contribution in [1.29, 1.82) is 0 Å². The Morgan fingerprint density at radius 2 is 1.20 bits per heavy atom. The van der Waals surface area contributed by atoms with Crippen molar-refractivity contribution in [3.63, 3.8) is 0 Å². The van der Waals surface area contributed by atoms with Crippen LogP contribution in [0.5, 0.6) is 0 Å². The van der Waals surface area contributed by atoms with Crippen molar-refractivity contribution in [2.24, 2.45) is 0 Å². The van der Waals surface area contributed by atoms with Crippen LogP contribution in [0.2, 0.25) is 0 Å². The SMILES string of the molecule is CS(=O)(=O)c1cccc(-c2cc(NC3CC3)n3ncc(/C=C4\CC(=O)NC4=O)c3n2)c1.CS(=O)(=O)c1cccc(-c2cc(NC3CC3)n3ncc(C=O)c3n2)c1. The molecule has 56 heavy (non-hydrogen) atoms. The maximum absolute atomic E-state index is 12.0. The van der Waals surface area contributed by atoms with E-state index in [-0.39, 0.29) is 22.1 Å². The third kappa shape index (κ3) is 7.78. The normalized spacial score (nSPS) is 16.5. The number of carbonyl (C=O) groups is 3. The van der Waals surface area contributed by atoms with Gasteiger partial charge in [-0.1, -0.05) is 24.3 Å². The lowest BCUT2D eigenvalue weighted by Gasteiger charge is -2.11. The number of anilines is 2. The van der Waals surface area contributed by atoms with Gasteiger partial charge in [-0.3, -0.25) is 19.7 Å². The number of carbonyl (C=O) groups excluding carboxylic acids is 3. The van der Waals surface area contributed by atoms with Crippen molar-refractivity contribution >= 4 is 66.8 Å². The Balaban J connectivity index is 0.000000161. The molecule has 0 spiro atoms. The number of hydrogen-bond donors (Lipinski definition) is 3. The Bertz CT molecular complexity index is 2860. The Kier molecular flexibility index (Phi) is 9.24. The van der Waals surface area contributed by atoms with Gasteiger partial charge in [0.1, 0.15) is 11.6 Å². The van der Waals surface area contributed by atoms with Crippen LogP contribution in [-0.4, -0.2) is 88.7 Å². The average Bonchev–Trinajstić information content (AvgIpc) is 4.06. The van der Waals surface area contributed by atoms with Gasteiger partial charge in [0, 0.05) is 59.0 Å². The molecule has 2 amide bonds. The van der Waals surface area contributed by atoms with E-state index in [4.69, 9.17) is 4.98 Å². The number of hydrogen-bond acceptors (Lipinski definition) is 13. The average molecular weight is 794 g/mol. The highest BCUT2D eigenvalue weighted by atomic mass is 32.2. The summed E-state index contributed by atoms with van der Waals surface area (Å²) in [6.07, 6.45) is 12.0. The first kappa shape index (κ1) is 36.7. The van der Waals surface area contributed by atoms with E-state index in [9.17, 15) is 31.2 Å². The molecule has 5 heterocycles. The summed E-state index contributed by atoms with van der Waals surface area (Å²) in [5, 5.41) is 17.7. The molecule has 3 N–H and O–H groups in total. The number of sulfone groups is 2. The Morgan fingerprint density at radius 1 is 0.714 bits per heavy atom. The highest BCUT2D eigenvalue weighted by Crippen LogP contribution is 2.32. The van der Waals surface area contributed by atoms with Crippen LogP contribution < -0.4 is 16.0 Å². The molecule has 3 fully saturated rings. The van der Waals surface area contributed by atoms with Crippen LogP contribution in [0.4, 0.5) is 11.6 Å². The Hall–Kier alpha value is -6.27. The van der Waals surface area contributed by atoms with E-state index in [2.05, 4.69) is 31.1 Å². The van der Waals surface area contributed by atoms with Crippen LogP contribution in [0.3, 0.4) is 0 Å². The highest BCUT2D eigenvalue weighted by molar-refractivity contribution is 7.91. The second-order valence-electron chi connectivity index (χ2n) is 14.0. The maximum Gasteiger partial charge on any atom is 0.254 e. The van der Waals surface area contributed by atoms with Gasteiger partial charge in [-0.15, -0.1) is 0 Å². The molecule has 3 aliphatic rings. The molecule has 6 aromatic rings. The second kappa shape index (κ2) is 14.1. The second-order valence-corrected chi connectivity index (χ2v) is 18.0. The lowest BCUT2D eigenvalue weighted by Crippen LogP contribution is -2.19. The van der Waals surface area contributed by atoms with Crippen LogP contribution in [0.15, 0.2) is 88.4 Å². The standard InChI is InChI=1S/C21H19N5O4S.C17H16N4O3S/c1-31(29,30)16-4-2-3-12(8-16)17-10-18(23-15-5-6-15)26-20(24-17)14(11-22-26)7-13-9-19(27)25-21(13)28;1-25(23,24)14-4-2-3-11(7-14)15-8-16(19-13-5-6-13)21-17(20-15)12(10-22)9-18-21/h2-4,7-8,10-11,15,23H,5-6,9H2,1H3,(H,25,27,28);2-4,7-10,13,19H,5-6H2,1H3/b13-7+;. The van der Waals surface area contributed by atoms with Crippen LogP contribution in [0, 0.1) is 0 Å². The summed E-state index contributed by atoms with van der Waals surface area (Å²) in [6, 6.07) is 17.6. The van der Waals surface area contributed by atoms with E-state index in [1.807, 2.05) is 12.1 Å². The van der Waals surface area contributed by atoms with Gasteiger partial charge in [0.25, 0.3) is 5.91 Å². The molecule has 286 valence electrons. The summed E-state index contributed by atoms with van der Waals surface area (Å²) in [4.78, 5) is 44.4. The van der Waals surface area contributed by atoms with Crippen LogP contribution in [-0.2, 0) is 29.3 Å². The maximum atomic E-state index is 12.0. The fourth-order valence-corrected chi connectivity index (χ4v) is 7.43. The lowest BCUT2D eigenvalue weighted by molar-refractivity contribution is -0.124. The zero-order chi connectivity index (χ0) is 39.4. The van der Waals surface area contributed by atoms with E-state index in [0.29, 0.717) is 68.9 Å². The first-order chi connectivity index (χ1) is 26.7. The van der Waals surface area contributed by atoms with Gasteiger partial charge in [0.2, 0.25) is 5.91 Å². The molecule has 9 rings (SSSR count). The Labute approximate surface area is 320 Å². The number of nitrogens with one attached hydrogen (secondary N) is 3. The predicted octanol–water partition coefficient (Wildman–Crippen LogP) is 3.99. The van der Waals surface area contributed by atoms with Gasteiger partial charge in [-0.25, -0.2) is 26.8 Å². The molecule has 1 aliphatic heterocycles. The van der Waals surface area contributed by atoms with Crippen LogP contribution >= 0.6 is 0 Å². The number of rotatable bonds is 10. The van der Waals surface area contributed by atoms with Crippen molar-refractivity contribution < 1.29 is 31.2 Å². The van der Waals surface area contributed by atoms with Gasteiger partial charge in [0.05, 0.1) is 45.6 Å². The molecule has 0 unspecified atom stereocenters. The highest BCUT2D eigenvalue weighted by Gasteiger charge is 2.27. The van der Waals surface area contributed by atoms with E-state index >= 15 is 0 Å². The summed E-state index contributed by atoms with van der Waals surface area (Å²) >= 11 is 0. The van der Waals surface area contributed by atoms with E-state index < -0.39 is 25.6 Å². The molecule has 2 aliphatic carbocycles. The number of fused-ring (bicyclic) bond motifs is 2. The predicted molar refractivity (Wildman–Crippen MR) is 207 cm³/mol. The molecule has 2 saturated carbocycles. The molecule has 0 bridgehead atoms. The largest absolute Gasteiger partial charge is 0.367 e. The third-order valence-electron chi connectivity index (χ3n) is 9.33. The minimum atomic E-state index is -3.37. The zero-order valence-electron chi connectivity index (χ0n) is 30.1. The number of aromatic nitrogens is 6. The smallest absolute Gasteiger partial charge is 0.254 e. The minimum absolute atomic E-state index is 0.0133. The van der Waals surface area contributed by atoms with Crippen molar-refractivity contribution in [1.82, 2.24) is 34.5 Å². The fraction of sp³-hybridized carbons (Fsp3) is 0.237. The van der Waals surface area contributed by atoms with Gasteiger partial charge in [0.15, 0.2) is 37.3 Å². The lowest BCUT2D eigenvalue weighted by atomic mass is 10.1. The van der Waals surface area contributed by atoms with Crippen molar-refractivity contribution in [2.75, 3.05) is 23.1 Å². The van der Waals surface area contributed by atoms with Crippen molar-refractivity contribution in [3.05, 3.63) is 89.8 Å². The molecule has 1 saturated heterocycles. The van der Waals surface area contributed by atoms with Crippen molar-refractivity contribution in [3.8, 4) is 22.5 Å². The topological polar surface area (TPSA) is 216 Å². The number of amides is 2. The first-order valence-electron chi connectivity index (χ1n) is 17.6. The zero-order valence-corrected chi connectivity index (χ0v) is 31.8. The molecule has 2 aromatic carbocycles. The van der Waals surface area contributed by atoms with Crippen LogP contribution in [0.1, 0.15) is 48.0 Å². The summed E-state index contributed by atoms with van der Waals surface area (Å²) in [5.41, 5.74) is 4.77. The van der Waals surface area contributed by atoms with E-state index in [1.165, 1.54) is 12.5 Å². The summed E-state index contributed by atoms with van der Waals surface area (Å²) < 4.78 is 50.9. The van der Waals surface area contributed by atoms with E-state index in [1.54, 1.807) is 69.8 Å². The number of nitrogens with zero attached hydrogens (tertiary/aromatic N) is 6. The molecule has 18 heteroatoms. The minimum Gasteiger partial charge on any atom is -0.367 e. The van der Waals surface area contributed by atoms with Gasteiger partial charge in [-0.2, -0.15) is 19.2 Å². The number of aldehydes is 1. The molecule has 16 nitrogen and oxygen atoms in total. The summed E-state index contributed by atoms with van der Waals surface area (Å²) in [6.45, 7) is 0. The fourth-order valence-electron chi connectivity index (χ4n) is 6.10. The number of benzene rings is 2. The monoisotopic (exact) mass is 793 g/mol. The first-order valence-corrected chi connectivity index (χ1v) is 21.4. The summed E-state index contributed by atoms with van der Waals surface area (Å²) in [5.74, 6) is 0.706. The van der Waals surface area contributed by atoms with Crippen molar-refractivity contribution in [2.45, 2.75) is 54.0 Å². The van der Waals surface area contributed by atoms with Gasteiger partial charge < -0.3 is 10.6 Å². The summed E-state index contributed by atoms with van der Waals surface area (Å²) in [7, 11) is -6.68. The molecule has 0 atom stereocenters. The number of imide groups is 1. The van der Waals surface area contributed by atoms with E-state index in [0.717, 1.165) is 43.6 Å². The molecular weight excluding hydrogens is 759 g/mol. The van der Waals surface area contributed by atoms with Crippen LogP contribution in [0.25, 0.3) is 39.9 Å². The molecular formula is C38H35N9O7S2. The Morgan fingerprint density at radius 3 is 1.62 bits per heavy atom. The quantitative estimate of drug-likeness (QED) is 0.102. The molecule has 0 radical (unpaired) electrons. The van der Waals surface area contributed by atoms with Gasteiger partial charge in [-0.05, 0) is 56.0 Å².